The van der Waals surface area contributed by atoms with Crippen molar-refractivity contribution < 1.29 is 9.59 Å². The van der Waals surface area contributed by atoms with E-state index in [9.17, 15) is 9.59 Å². The third-order valence-electron chi connectivity index (χ3n) is 5.70. The summed E-state index contributed by atoms with van der Waals surface area (Å²) in [4.78, 5) is 30.8. The quantitative estimate of drug-likeness (QED) is 0.586. The van der Waals surface area contributed by atoms with Crippen LogP contribution < -0.4 is 5.32 Å². The van der Waals surface area contributed by atoms with E-state index >= 15 is 0 Å². The number of carbonyl (C=O) groups is 2. The van der Waals surface area contributed by atoms with Crippen LogP contribution in [0.5, 0.6) is 0 Å². The second kappa shape index (κ2) is 10.5. The lowest BCUT2D eigenvalue weighted by Gasteiger charge is -2.30. The van der Waals surface area contributed by atoms with E-state index in [1.54, 1.807) is 17.1 Å². The molecule has 0 radical (unpaired) electrons. The molecule has 164 valence electrons. The molecule has 2 heterocycles. The van der Waals surface area contributed by atoms with Crippen molar-refractivity contribution in [1.82, 2.24) is 25.0 Å². The third kappa shape index (κ3) is 5.91. The second-order valence-corrected chi connectivity index (χ2v) is 7.97. The van der Waals surface area contributed by atoms with E-state index in [1.165, 1.54) is 6.33 Å². The molecule has 0 spiro atoms. The predicted molar refractivity (Wildman–Crippen MR) is 122 cm³/mol. The van der Waals surface area contributed by atoms with E-state index in [0.717, 1.165) is 16.7 Å². The fourth-order valence-corrected chi connectivity index (χ4v) is 3.80. The van der Waals surface area contributed by atoms with Crippen molar-refractivity contribution in [3.8, 4) is 0 Å². The van der Waals surface area contributed by atoms with E-state index in [4.69, 9.17) is 0 Å². The Kier molecular flexibility index (Phi) is 7.07. The Hall–Kier alpha value is -3.74. The van der Waals surface area contributed by atoms with Crippen molar-refractivity contribution in [2.24, 2.45) is 5.92 Å². The average molecular weight is 430 g/mol. The Morgan fingerprint density at radius 1 is 1.00 bits per heavy atom. The maximum Gasteiger partial charge on any atom is 0.246 e. The Labute approximate surface area is 187 Å². The van der Waals surface area contributed by atoms with Gasteiger partial charge in [0.15, 0.2) is 0 Å². The van der Waals surface area contributed by atoms with Gasteiger partial charge in [0, 0.05) is 31.6 Å². The summed E-state index contributed by atoms with van der Waals surface area (Å²) in [5.41, 5.74) is 3.19. The summed E-state index contributed by atoms with van der Waals surface area (Å²) >= 11 is 0. The molecule has 2 aromatic carbocycles. The summed E-state index contributed by atoms with van der Waals surface area (Å²) in [7, 11) is 0. The van der Waals surface area contributed by atoms with Gasteiger partial charge in [-0.1, -0.05) is 54.6 Å². The lowest BCUT2D eigenvalue weighted by Crippen LogP contribution is -2.42. The van der Waals surface area contributed by atoms with E-state index in [2.05, 4.69) is 15.4 Å². The van der Waals surface area contributed by atoms with Gasteiger partial charge in [0.25, 0.3) is 0 Å². The fourth-order valence-electron chi connectivity index (χ4n) is 3.80. The first-order valence-corrected chi connectivity index (χ1v) is 10.9. The van der Waals surface area contributed by atoms with Crippen LogP contribution in [0, 0.1) is 5.92 Å². The number of amides is 2. The van der Waals surface area contributed by atoms with Crippen molar-refractivity contribution >= 4 is 17.9 Å². The molecule has 0 bridgehead atoms. The van der Waals surface area contributed by atoms with E-state index < -0.39 is 0 Å². The minimum atomic E-state index is -0.0521. The van der Waals surface area contributed by atoms with Crippen LogP contribution in [0.3, 0.4) is 0 Å². The molecule has 0 saturated carbocycles. The molecule has 0 unspecified atom stereocenters. The highest BCUT2D eigenvalue weighted by Gasteiger charge is 2.26. The van der Waals surface area contributed by atoms with Crippen LogP contribution in [0.25, 0.3) is 6.08 Å². The fraction of sp³-hybridized carbons (Fsp3) is 0.280. The summed E-state index contributed by atoms with van der Waals surface area (Å²) < 4.78 is 1.77. The summed E-state index contributed by atoms with van der Waals surface area (Å²) in [5.74, 6) is 0.00561. The molecule has 32 heavy (non-hydrogen) atoms. The van der Waals surface area contributed by atoms with Gasteiger partial charge in [-0.2, -0.15) is 5.10 Å². The number of benzene rings is 2. The van der Waals surface area contributed by atoms with E-state index in [0.29, 0.717) is 39.0 Å². The normalized spacial score (nSPS) is 14.6. The first-order chi connectivity index (χ1) is 15.7. The number of aromatic nitrogens is 3. The Morgan fingerprint density at radius 2 is 1.72 bits per heavy atom. The number of carbonyl (C=O) groups excluding carboxylic acids is 2. The van der Waals surface area contributed by atoms with Gasteiger partial charge in [-0.15, -0.1) is 0 Å². The highest BCUT2D eigenvalue weighted by Crippen LogP contribution is 2.18. The second-order valence-electron chi connectivity index (χ2n) is 7.97. The SMILES string of the molecule is O=C(NCc1ccc(Cn2cncn2)cc1)C1CCN(C(=O)C=Cc2ccccc2)CC1. The van der Waals surface area contributed by atoms with Gasteiger partial charge in [-0.05, 0) is 35.6 Å². The maximum absolute atomic E-state index is 12.6. The van der Waals surface area contributed by atoms with Crippen LogP contribution in [0.4, 0.5) is 0 Å². The topological polar surface area (TPSA) is 80.1 Å². The largest absolute Gasteiger partial charge is 0.352 e. The summed E-state index contributed by atoms with van der Waals surface area (Å²) in [6.45, 7) is 2.38. The number of rotatable bonds is 7. The van der Waals surface area contributed by atoms with E-state index in [1.807, 2.05) is 65.6 Å². The third-order valence-corrected chi connectivity index (χ3v) is 5.70. The molecular formula is C25H27N5O2. The van der Waals surface area contributed by atoms with Gasteiger partial charge in [0.05, 0.1) is 6.54 Å². The minimum absolute atomic E-state index is 0.00121. The molecule has 4 rings (SSSR count). The number of nitrogens with one attached hydrogen (secondary N) is 1. The predicted octanol–water partition coefficient (Wildman–Crippen LogP) is 2.89. The van der Waals surface area contributed by atoms with Crippen LogP contribution >= 0.6 is 0 Å². The van der Waals surface area contributed by atoms with Crippen LogP contribution in [0.2, 0.25) is 0 Å². The lowest BCUT2D eigenvalue weighted by molar-refractivity contribution is -0.132. The minimum Gasteiger partial charge on any atom is -0.352 e. The number of nitrogens with zero attached hydrogens (tertiary/aromatic N) is 4. The van der Waals surface area contributed by atoms with Crippen molar-refractivity contribution in [3.05, 3.63) is 90.0 Å². The average Bonchev–Trinajstić information content (AvgIpc) is 3.36. The highest BCUT2D eigenvalue weighted by atomic mass is 16.2. The summed E-state index contributed by atoms with van der Waals surface area (Å²) in [6.07, 6.45) is 8.03. The Balaban J connectivity index is 1.20. The molecular weight excluding hydrogens is 402 g/mol. The van der Waals surface area contributed by atoms with Crippen LogP contribution in [0.1, 0.15) is 29.5 Å². The molecule has 1 aliphatic rings. The molecule has 1 aromatic heterocycles. The van der Waals surface area contributed by atoms with Gasteiger partial charge < -0.3 is 10.2 Å². The van der Waals surface area contributed by atoms with Gasteiger partial charge in [-0.3, -0.25) is 9.59 Å². The van der Waals surface area contributed by atoms with Gasteiger partial charge in [0.2, 0.25) is 11.8 Å². The lowest BCUT2D eigenvalue weighted by atomic mass is 9.95. The van der Waals surface area contributed by atoms with Crippen molar-refractivity contribution in [3.63, 3.8) is 0 Å². The van der Waals surface area contributed by atoms with Crippen molar-refractivity contribution in [2.75, 3.05) is 13.1 Å². The summed E-state index contributed by atoms with van der Waals surface area (Å²) in [5, 5.41) is 7.15. The molecule has 1 saturated heterocycles. The highest BCUT2D eigenvalue weighted by molar-refractivity contribution is 5.92. The Bertz CT molecular complexity index is 1040. The molecule has 1 fully saturated rings. The van der Waals surface area contributed by atoms with Crippen molar-refractivity contribution in [2.45, 2.75) is 25.9 Å². The molecule has 1 aliphatic heterocycles. The monoisotopic (exact) mass is 429 g/mol. The first-order valence-electron chi connectivity index (χ1n) is 10.9. The van der Waals surface area contributed by atoms with Crippen LogP contribution in [-0.4, -0.2) is 44.6 Å². The van der Waals surface area contributed by atoms with Crippen LogP contribution in [0.15, 0.2) is 73.3 Å². The van der Waals surface area contributed by atoms with Gasteiger partial charge in [-0.25, -0.2) is 9.67 Å². The van der Waals surface area contributed by atoms with Gasteiger partial charge >= 0.3 is 0 Å². The van der Waals surface area contributed by atoms with Gasteiger partial charge in [0.1, 0.15) is 12.7 Å². The first kappa shape index (κ1) is 21.5. The van der Waals surface area contributed by atoms with Crippen LogP contribution in [-0.2, 0) is 22.7 Å². The summed E-state index contributed by atoms with van der Waals surface area (Å²) in [6, 6.07) is 17.9. The molecule has 7 heteroatoms. The molecule has 2 amide bonds. The standard InChI is InChI=1S/C25H27N5O2/c31-24(11-10-20-4-2-1-3-5-20)29-14-12-23(13-15-29)25(32)27-16-21-6-8-22(9-7-21)17-30-19-26-18-28-30/h1-11,18-19,23H,12-17H2,(H,27,32). The zero-order chi connectivity index (χ0) is 22.2. The molecule has 3 aromatic rings. The van der Waals surface area contributed by atoms with Crippen molar-refractivity contribution in [1.29, 1.82) is 0 Å². The smallest absolute Gasteiger partial charge is 0.246 e. The number of piperidine rings is 1. The molecule has 1 N–H and O–H groups in total. The number of hydrogen-bond acceptors (Lipinski definition) is 4. The number of hydrogen-bond donors (Lipinski definition) is 1. The zero-order valence-electron chi connectivity index (χ0n) is 17.9. The molecule has 0 atom stereocenters. The zero-order valence-corrected chi connectivity index (χ0v) is 17.9. The Morgan fingerprint density at radius 3 is 2.41 bits per heavy atom. The molecule has 7 nitrogen and oxygen atoms in total. The van der Waals surface area contributed by atoms with E-state index in [-0.39, 0.29) is 17.7 Å². The molecule has 0 aliphatic carbocycles. The number of likely N-dealkylation sites (tertiary alicyclic amines) is 1. The maximum atomic E-state index is 12.6.